The highest BCUT2D eigenvalue weighted by Gasteiger charge is 2.15. The summed E-state index contributed by atoms with van der Waals surface area (Å²) < 4.78 is 1.36. The molecule has 15 heavy (non-hydrogen) atoms. The number of hydrogen-bond donors (Lipinski definition) is 3. The minimum atomic E-state index is -1.62. The van der Waals surface area contributed by atoms with Gasteiger partial charge in [-0.05, 0) is 17.6 Å². The zero-order valence-corrected chi connectivity index (χ0v) is 7.53. The van der Waals surface area contributed by atoms with Crippen LogP contribution in [0.3, 0.4) is 0 Å². The van der Waals surface area contributed by atoms with Crippen molar-refractivity contribution in [2.45, 2.75) is 0 Å². The lowest BCUT2D eigenvalue weighted by atomic mass is 9.81. The second-order valence-electron chi connectivity index (χ2n) is 3.03. The average molecular weight is 206 g/mol. The number of nitrogens with zero attached hydrogens (tertiary/aromatic N) is 2. The number of hydrogen-bond acceptors (Lipinski definition) is 4. The largest absolute Gasteiger partial charge is 0.488 e. The molecule has 0 aliphatic carbocycles. The molecule has 2 rings (SSSR count). The van der Waals surface area contributed by atoms with Crippen LogP contribution in [0, 0.1) is 0 Å². The fourth-order valence-corrected chi connectivity index (χ4v) is 1.32. The number of pyridine rings is 1. The number of aromatic nitrogens is 2. The van der Waals surface area contributed by atoms with E-state index in [4.69, 9.17) is 15.2 Å². The van der Waals surface area contributed by atoms with Crippen molar-refractivity contribution in [2.24, 2.45) is 0 Å². The summed E-state index contributed by atoms with van der Waals surface area (Å²) in [5, 5.41) is 30.5. The zero-order valence-electron chi connectivity index (χ0n) is 7.53. The Bertz CT molecular complexity index is 522. The van der Waals surface area contributed by atoms with Crippen LogP contribution in [-0.2, 0) is 0 Å². The SMILES string of the molecule is O=C(O)c1cnn2ccc(B(O)O)cc12. The van der Waals surface area contributed by atoms with Crippen LogP contribution >= 0.6 is 0 Å². The van der Waals surface area contributed by atoms with Gasteiger partial charge in [-0.15, -0.1) is 0 Å². The predicted molar refractivity (Wildman–Crippen MR) is 52.0 cm³/mol. The first-order valence-electron chi connectivity index (χ1n) is 4.16. The van der Waals surface area contributed by atoms with Gasteiger partial charge in [-0.2, -0.15) is 5.10 Å². The summed E-state index contributed by atoms with van der Waals surface area (Å²) >= 11 is 0. The van der Waals surface area contributed by atoms with Crippen LogP contribution in [0.25, 0.3) is 5.52 Å². The molecule has 0 amide bonds. The van der Waals surface area contributed by atoms with Gasteiger partial charge in [0.2, 0.25) is 0 Å². The fourth-order valence-electron chi connectivity index (χ4n) is 1.32. The average Bonchev–Trinajstić information content (AvgIpc) is 2.59. The zero-order chi connectivity index (χ0) is 11.0. The molecule has 2 heterocycles. The van der Waals surface area contributed by atoms with Crippen molar-refractivity contribution < 1.29 is 19.9 Å². The molecule has 0 saturated carbocycles. The standard InChI is InChI=1S/C8H7BN2O4/c12-8(13)6-4-10-11-2-1-5(9(14)15)3-7(6)11/h1-4,14-15H,(H,12,13). The van der Waals surface area contributed by atoms with Crippen LogP contribution in [-0.4, -0.2) is 37.9 Å². The first-order chi connectivity index (χ1) is 7.09. The highest BCUT2D eigenvalue weighted by molar-refractivity contribution is 6.58. The van der Waals surface area contributed by atoms with Crippen LogP contribution in [0.15, 0.2) is 24.5 Å². The summed E-state index contributed by atoms with van der Waals surface area (Å²) in [6.45, 7) is 0. The van der Waals surface area contributed by atoms with E-state index in [1.807, 2.05) is 0 Å². The van der Waals surface area contributed by atoms with E-state index in [-0.39, 0.29) is 11.0 Å². The summed E-state index contributed by atoms with van der Waals surface area (Å²) in [5.74, 6) is -1.10. The second kappa shape index (κ2) is 3.37. The Balaban J connectivity index is 2.66. The van der Waals surface area contributed by atoms with Gasteiger partial charge >= 0.3 is 13.1 Å². The van der Waals surface area contributed by atoms with Crippen LogP contribution in [0.2, 0.25) is 0 Å². The molecule has 2 aromatic heterocycles. The van der Waals surface area contributed by atoms with Crippen molar-refractivity contribution in [2.75, 3.05) is 0 Å². The molecule has 0 bridgehead atoms. The molecule has 6 nitrogen and oxygen atoms in total. The van der Waals surface area contributed by atoms with Crippen LogP contribution in [0.5, 0.6) is 0 Å². The maximum atomic E-state index is 10.8. The highest BCUT2D eigenvalue weighted by atomic mass is 16.4. The van der Waals surface area contributed by atoms with Crippen LogP contribution in [0.1, 0.15) is 10.4 Å². The Morgan fingerprint density at radius 1 is 1.47 bits per heavy atom. The molecule has 0 radical (unpaired) electrons. The Kier molecular flexibility index (Phi) is 2.18. The molecule has 0 fully saturated rings. The molecule has 0 aromatic carbocycles. The predicted octanol–water partition coefficient (Wildman–Crippen LogP) is -1.29. The van der Waals surface area contributed by atoms with Gasteiger partial charge in [-0.25, -0.2) is 9.31 Å². The number of carboxylic acids is 1. The normalized spacial score (nSPS) is 10.5. The Morgan fingerprint density at radius 2 is 2.20 bits per heavy atom. The number of fused-ring (bicyclic) bond motifs is 1. The van der Waals surface area contributed by atoms with Crippen molar-refractivity contribution in [1.29, 1.82) is 0 Å². The van der Waals surface area contributed by atoms with Gasteiger partial charge in [0.15, 0.2) is 0 Å². The summed E-state index contributed by atoms with van der Waals surface area (Å²) in [4.78, 5) is 10.8. The van der Waals surface area contributed by atoms with Gasteiger partial charge in [0.25, 0.3) is 0 Å². The van der Waals surface area contributed by atoms with Crippen molar-refractivity contribution in [3.05, 3.63) is 30.1 Å². The van der Waals surface area contributed by atoms with Crippen LogP contribution in [0.4, 0.5) is 0 Å². The van der Waals surface area contributed by atoms with Crippen molar-refractivity contribution in [1.82, 2.24) is 9.61 Å². The monoisotopic (exact) mass is 206 g/mol. The highest BCUT2D eigenvalue weighted by Crippen LogP contribution is 2.08. The van der Waals surface area contributed by atoms with E-state index in [1.54, 1.807) is 0 Å². The first-order valence-corrected chi connectivity index (χ1v) is 4.16. The Morgan fingerprint density at radius 3 is 2.80 bits per heavy atom. The molecule has 0 spiro atoms. The van der Waals surface area contributed by atoms with Crippen molar-refractivity contribution in [3.8, 4) is 0 Å². The quantitative estimate of drug-likeness (QED) is 0.531. The molecule has 76 valence electrons. The van der Waals surface area contributed by atoms with Gasteiger partial charge in [-0.3, -0.25) is 0 Å². The van der Waals surface area contributed by atoms with Crippen molar-refractivity contribution >= 4 is 24.1 Å². The summed E-state index contributed by atoms with van der Waals surface area (Å²) in [6.07, 6.45) is 2.68. The lowest BCUT2D eigenvalue weighted by Crippen LogP contribution is -2.30. The lowest BCUT2D eigenvalue weighted by molar-refractivity contribution is 0.0699. The van der Waals surface area contributed by atoms with Gasteiger partial charge in [0, 0.05) is 6.20 Å². The van der Waals surface area contributed by atoms with E-state index in [0.717, 1.165) is 0 Å². The molecule has 3 N–H and O–H groups in total. The molecule has 0 aliphatic heterocycles. The minimum absolute atomic E-state index is 0.0255. The van der Waals surface area contributed by atoms with E-state index < -0.39 is 13.1 Å². The van der Waals surface area contributed by atoms with Crippen LogP contribution < -0.4 is 5.46 Å². The molecule has 7 heteroatoms. The van der Waals surface area contributed by atoms with Gasteiger partial charge < -0.3 is 15.2 Å². The number of carbonyl (C=O) groups is 1. The molecule has 0 aliphatic rings. The topological polar surface area (TPSA) is 95.1 Å². The third-order valence-electron chi connectivity index (χ3n) is 2.07. The molecule has 0 unspecified atom stereocenters. The maximum absolute atomic E-state index is 10.8. The second-order valence-corrected chi connectivity index (χ2v) is 3.03. The Hall–Kier alpha value is -1.86. The minimum Gasteiger partial charge on any atom is -0.478 e. The molecule has 0 saturated heterocycles. The number of rotatable bonds is 2. The van der Waals surface area contributed by atoms with E-state index >= 15 is 0 Å². The third-order valence-corrected chi connectivity index (χ3v) is 2.07. The smallest absolute Gasteiger partial charge is 0.478 e. The van der Waals surface area contributed by atoms with E-state index in [0.29, 0.717) is 5.52 Å². The number of carboxylic acid groups (broad SMARTS) is 1. The van der Waals surface area contributed by atoms with Crippen molar-refractivity contribution in [3.63, 3.8) is 0 Å². The molecular weight excluding hydrogens is 199 g/mol. The van der Waals surface area contributed by atoms with Gasteiger partial charge in [0.1, 0.15) is 5.56 Å². The third kappa shape index (κ3) is 1.58. The number of aromatic carboxylic acids is 1. The molecule has 0 atom stereocenters. The van der Waals surface area contributed by atoms with Gasteiger partial charge in [-0.1, -0.05) is 0 Å². The van der Waals surface area contributed by atoms with E-state index in [1.165, 1.54) is 29.0 Å². The molecule has 2 aromatic rings. The van der Waals surface area contributed by atoms with E-state index in [9.17, 15) is 4.79 Å². The summed E-state index contributed by atoms with van der Waals surface area (Å²) in [5.41, 5.74) is 0.580. The Labute approximate surface area is 84.5 Å². The lowest BCUT2D eigenvalue weighted by Gasteiger charge is -2.00. The summed E-state index contributed by atoms with van der Waals surface area (Å²) in [6, 6.07) is 2.83. The maximum Gasteiger partial charge on any atom is 0.488 e. The first kappa shape index (κ1) is 9.69. The molecular formula is C8H7BN2O4. The summed E-state index contributed by atoms with van der Waals surface area (Å²) in [7, 11) is -1.62. The van der Waals surface area contributed by atoms with Gasteiger partial charge in [0.05, 0.1) is 11.7 Å². The van der Waals surface area contributed by atoms with E-state index in [2.05, 4.69) is 5.10 Å². The fraction of sp³-hybridized carbons (Fsp3) is 0.